The summed E-state index contributed by atoms with van der Waals surface area (Å²) in [6, 6.07) is 7.89. The average molecular weight is 466 g/mol. The van der Waals surface area contributed by atoms with Crippen LogP contribution in [-0.2, 0) is 28.0 Å². The highest BCUT2D eigenvalue weighted by atomic mass is 35.5. The molecule has 2 heterocycles. The van der Waals surface area contributed by atoms with Crippen LogP contribution < -0.4 is 10.5 Å². The zero-order valence-corrected chi connectivity index (χ0v) is 18.6. The average Bonchev–Trinajstić information content (AvgIpc) is 2.67. The van der Waals surface area contributed by atoms with Gasteiger partial charge in [0.25, 0.3) is 0 Å². The molecule has 30 heavy (non-hydrogen) atoms. The number of aromatic nitrogens is 3. The normalized spacial score (nSPS) is 13.7. The second kappa shape index (κ2) is 8.64. The van der Waals surface area contributed by atoms with Gasteiger partial charge in [-0.15, -0.1) is 0 Å². The van der Waals surface area contributed by atoms with Gasteiger partial charge in [-0.05, 0) is 34.4 Å². The fourth-order valence-electron chi connectivity index (χ4n) is 3.39. The number of nitrogens with two attached hydrogens (primary N) is 1. The van der Waals surface area contributed by atoms with Gasteiger partial charge in [0.05, 0.1) is 24.5 Å². The number of rotatable bonds is 7. The van der Waals surface area contributed by atoms with E-state index < -0.39 is 10.0 Å². The van der Waals surface area contributed by atoms with Gasteiger partial charge in [-0.2, -0.15) is 9.97 Å². The summed E-state index contributed by atoms with van der Waals surface area (Å²) in [5.41, 5.74) is 8.80. The van der Waals surface area contributed by atoms with Gasteiger partial charge in [-0.25, -0.2) is 18.1 Å². The maximum absolute atomic E-state index is 11.1. The molecule has 0 bridgehead atoms. The predicted molar refractivity (Wildman–Crippen MR) is 119 cm³/mol. The molecule has 3 aromatic rings. The second-order valence-electron chi connectivity index (χ2n) is 6.89. The quantitative estimate of drug-likeness (QED) is 0.403. The van der Waals surface area contributed by atoms with Gasteiger partial charge in [-0.3, -0.25) is 0 Å². The smallest absolute Gasteiger partial charge is 0.224 e. The minimum atomic E-state index is -3.19. The van der Waals surface area contributed by atoms with Crippen molar-refractivity contribution in [2.24, 2.45) is 0 Å². The first-order chi connectivity index (χ1) is 14.3. The van der Waals surface area contributed by atoms with Crippen LogP contribution in [0.1, 0.15) is 17.5 Å². The Balaban J connectivity index is 1.65. The number of anilines is 1. The molecule has 158 valence electrons. The van der Waals surface area contributed by atoms with Crippen LogP contribution in [0.3, 0.4) is 0 Å². The molecule has 1 aliphatic heterocycles. The molecule has 0 atom stereocenters. The number of halogens is 1. The topological polar surface area (TPSA) is 120 Å². The van der Waals surface area contributed by atoms with Crippen LogP contribution in [0.4, 0.5) is 5.95 Å². The van der Waals surface area contributed by atoms with Gasteiger partial charge in [-0.1, -0.05) is 41.6 Å². The molecule has 11 heteroatoms. The first kappa shape index (κ1) is 21.3. The number of ether oxygens (including phenoxy) is 1. The van der Waals surface area contributed by atoms with E-state index in [2.05, 4.69) is 19.7 Å². The first-order valence-corrected chi connectivity index (χ1v) is 12.5. The minimum absolute atomic E-state index is 0.108. The molecular weight excluding hydrogens is 446 g/mol. The van der Waals surface area contributed by atoms with Gasteiger partial charge in [0, 0.05) is 17.9 Å². The van der Waals surface area contributed by atoms with Gasteiger partial charge in [0.1, 0.15) is 0 Å². The highest BCUT2D eigenvalue weighted by Gasteiger charge is 2.21. The Kier molecular flexibility index (Phi) is 6.12. The van der Waals surface area contributed by atoms with E-state index in [1.54, 1.807) is 0 Å². The Hall–Kier alpha value is -1.98. The van der Waals surface area contributed by atoms with Gasteiger partial charge >= 0.3 is 0 Å². The molecular formula is C19H20ClN5O3S2. The van der Waals surface area contributed by atoms with E-state index in [9.17, 15) is 8.42 Å². The van der Waals surface area contributed by atoms with Gasteiger partial charge in [0.15, 0.2) is 11.0 Å². The number of hydrogen-bond donors (Lipinski definition) is 2. The number of benzene rings is 2. The summed E-state index contributed by atoms with van der Waals surface area (Å²) in [6.07, 6.45) is 1.76. The monoisotopic (exact) mass is 465 g/mol. The Morgan fingerprint density at radius 3 is 2.83 bits per heavy atom. The van der Waals surface area contributed by atoms with Crippen molar-refractivity contribution in [2.45, 2.75) is 24.8 Å². The number of hydrogen-bond acceptors (Lipinski definition) is 8. The van der Waals surface area contributed by atoms with Crippen LogP contribution in [0.25, 0.3) is 22.2 Å². The first-order valence-electron chi connectivity index (χ1n) is 9.22. The van der Waals surface area contributed by atoms with Crippen molar-refractivity contribution in [3.8, 4) is 11.4 Å². The van der Waals surface area contributed by atoms with Crippen LogP contribution in [0, 0.1) is 0 Å². The molecule has 4 rings (SSSR count). The van der Waals surface area contributed by atoms with Crippen molar-refractivity contribution in [2.75, 3.05) is 24.3 Å². The summed E-state index contributed by atoms with van der Waals surface area (Å²) < 4.78 is 30.4. The summed E-state index contributed by atoms with van der Waals surface area (Å²) in [5.74, 6) is 1.15. The maximum atomic E-state index is 11.1. The molecule has 0 saturated heterocycles. The minimum Gasteiger partial charge on any atom is -0.372 e. The van der Waals surface area contributed by atoms with E-state index in [0.29, 0.717) is 53.5 Å². The van der Waals surface area contributed by atoms with Gasteiger partial charge in [0.2, 0.25) is 16.0 Å². The third kappa shape index (κ3) is 4.68. The lowest BCUT2D eigenvalue weighted by Gasteiger charge is -2.20. The lowest BCUT2D eigenvalue weighted by atomic mass is 9.94. The standard InChI is InChI=1S/C19H20ClN5O3S2/c1-30(26,27)22-6-3-7-29-19-24-17(23-18(21)25-19)16-13-5-2-4-11-9-28-10-12(15(11)13)8-14(16)20/h2,4-5,8,22H,3,6-7,9-10H2,1H3,(H2,21,23,24,25). The second-order valence-corrected chi connectivity index (χ2v) is 10.2. The van der Waals surface area contributed by atoms with Crippen molar-refractivity contribution in [1.82, 2.24) is 19.7 Å². The van der Waals surface area contributed by atoms with Crippen LogP contribution in [0.5, 0.6) is 0 Å². The molecule has 0 amide bonds. The van der Waals surface area contributed by atoms with E-state index >= 15 is 0 Å². The lowest BCUT2D eigenvalue weighted by molar-refractivity contribution is 0.103. The predicted octanol–water partition coefficient (Wildman–Crippen LogP) is 2.99. The maximum Gasteiger partial charge on any atom is 0.224 e. The summed E-state index contributed by atoms with van der Waals surface area (Å²) >= 11 is 8.01. The third-order valence-corrected chi connectivity index (χ3v) is 6.53. The Morgan fingerprint density at radius 2 is 2.03 bits per heavy atom. The van der Waals surface area contributed by atoms with Crippen molar-refractivity contribution < 1.29 is 13.2 Å². The van der Waals surface area contributed by atoms with Crippen molar-refractivity contribution >= 4 is 50.1 Å². The molecule has 0 fully saturated rings. The molecule has 0 aliphatic carbocycles. The lowest BCUT2D eigenvalue weighted by Crippen LogP contribution is -2.23. The van der Waals surface area contributed by atoms with E-state index in [1.165, 1.54) is 11.8 Å². The zero-order valence-electron chi connectivity index (χ0n) is 16.2. The summed E-state index contributed by atoms with van der Waals surface area (Å²) in [6.45, 7) is 1.41. The Morgan fingerprint density at radius 1 is 1.23 bits per heavy atom. The van der Waals surface area contributed by atoms with E-state index in [1.807, 2.05) is 24.3 Å². The molecule has 1 aromatic heterocycles. The summed E-state index contributed by atoms with van der Waals surface area (Å²) in [4.78, 5) is 13.1. The number of nitrogens with one attached hydrogen (secondary N) is 1. The van der Waals surface area contributed by atoms with Crippen LogP contribution in [0.2, 0.25) is 5.02 Å². The zero-order chi connectivity index (χ0) is 21.3. The summed E-state index contributed by atoms with van der Waals surface area (Å²) in [7, 11) is -3.19. The largest absolute Gasteiger partial charge is 0.372 e. The number of sulfonamides is 1. The molecule has 0 saturated carbocycles. The Labute approximate surface area is 183 Å². The SMILES string of the molecule is CS(=O)(=O)NCCCSc1nc(N)nc(-c2c(Cl)cc3c4c(cccc24)COC3)n1. The molecule has 1 aliphatic rings. The van der Waals surface area contributed by atoms with Crippen molar-refractivity contribution in [1.29, 1.82) is 0 Å². The molecule has 0 radical (unpaired) electrons. The molecule has 8 nitrogen and oxygen atoms in total. The van der Waals surface area contributed by atoms with Gasteiger partial charge < -0.3 is 10.5 Å². The van der Waals surface area contributed by atoms with Crippen LogP contribution >= 0.6 is 23.4 Å². The van der Waals surface area contributed by atoms with Crippen molar-refractivity contribution in [3.05, 3.63) is 40.4 Å². The molecule has 0 spiro atoms. The Bertz CT molecular complexity index is 1220. The van der Waals surface area contributed by atoms with E-state index in [4.69, 9.17) is 22.1 Å². The molecule has 2 aromatic carbocycles. The molecule has 3 N–H and O–H groups in total. The number of nitrogens with zero attached hydrogens (tertiary/aromatic N) is 3. The summed E-state index contributed by atoms with van der Waals surface area (Å²) in [5, 5.41) is 3.07. The van der Waals surface area contributed by atoms with E-state index in [-0.39, 0.29) is 5.95 Å². The molecule has 0 unspecified atom stereocenters. The van der Waals surface area contributed by atoms with Crippen LogP contribution in [-0.4, -0.2) is 41.9 Å². The highest BCUT2D eigenvalue weighted by molar-refractivity contribution is 7.99. The van der Waals surface area contributed by atoms with E-state index in [0.717, 1.165) is 28.2 Å². The fraction of sp³-hybridized carbons (Fsp3) is 0.316. The fourth-order valence-corrected chi connectivity index (χ4v) is 5.00. The van der Waals surface area contributed by atoms with Crippen LogP contribution in [0.15, 0.2) is 29.4 Å². The third-order valence-electron chi connectivity index (χ3n) is 4.57. The van der Waals surface area contributed by atoms with Crippen molar-refractivity contribution in [3.63, 3.8) is 0 Å². The number of thioether (sulfide) groups is 1. The highest BCUT2D eigenvalue weighted by Crippen LogP contribution is 2.39. The number of nitrogen functional groups attached to an aromatic ring is 1.